The van der Waals surface area contributed by atoms with E-state index in [-0.39, 0.29) is 17.2 Å². The number of fused-ring (bicyclic) bond motifs is 4. The average molecular weight is 1320 g/mol. The van der Waals surface area contributed by atoms with Crippen molar-refractivity contribution in [2.75, 3.05) is 20.4 Å². The van der Waals surface area contributed by atoms with Gasteiger partial charge in [-0.05, 0) is 219 Å². The van der Waals surface area contributed by atoms with Crippen LogP contribution in [0.4, 0.5) is 31.5 Å². The summed E-state index contributed by atoms with van der Waals surface area (Å²) < 4.78 is 29.6. The lowest BCUT2D eigenvalue weighted by atomic mass is 9.82. The molecule has 4 saturated carbocycles. The van der Waals surface area contributed by atoms with Crippen LogP contribution in [0.15, 0.2) is 98.9 Å². The average Bonchev–Trinajstić information content (AvgIpc) is 4.38. The van der Waals surface area contributed by atoms with Gasteiger partial charge in [0.25, 0.3) is 0 Å². The molecule has 13 nitrogen and oxygen atoms in total. The van der Waals surface area contributed by atoms with Gasteiger partial charge in [-0.15, -0.1) is 0 Å². The van der Waals surface area contributed by atoms with E-state index in [0.717, 1.165) is 109 Å². The van der Waals surface area contributed by atoms with Crippen molar-refractivity contribution in [3.63, 3.8) is 0 Å². The number of aromatic nitrogens is 2. The molecule has 8 aliphatic rings. The van der Waals surface area contributed by atoms with Gasteiger partial charge in [-0.2, -0.15) is 0 Å². The molecule has 424 valence electrons. The quantitative estimate of drug-likeness (QED) is 0.0345. The molecule has 8 N–H and O–H groups in total. The zero-order valence-corrected chi connectivity index (χ0v) is 51.2. The van der Waals surface area contributed by atoms with Crippen LogP contribution in [-0.4, -0.2) is 61.4 Å². The second kappa shape index (κ2) is 25.5. The lowest BCUT2D eigenvalue weighted by molar-refractivity contribution is -0.116. The van der Waals surface area contributed by atoms with Gasteiger partial charge < -0.3 is 20.7 Å². The third kappa shape index (κ3) is 13.7. The fourth-order valence-corrected chi connectivity index (χ4v) is 13.9. The Morgan fingerprint density at radius 2 is 1.00 bits per heavy atom. The first kappa shape index (κ1) is 59.3. The van der Waals surface area contributed by atoms with Gasteiger partial charge in [-0.1, -0.05) is 66.1 Å². The number of hydrogen-bond donors (Lipinski definition) is 8. The summed E-state index contributed by atoms with van der Waals surface area (Å²) in [6.45, 7) is 3.47. The van der Waals surface area contributed by atoms with Gasteiger partial charge in [0, 0.05) is 73.9 Å². The first-order valence-corrected chi connectivity index (χ1v) is 30.8. The van der Waals surface area contributed by atoms with E-state index in [9.17, 15) is 13.6 Å². The smallest absolute Gasteiger partial charge is 0.423 e. The molecule has 2 aromatic heterocycles. The number of carbonyl (C=O) groups is 1. The fraction of sp³-hybridized carbons (Fsp3) is 0.355. The highest BCUT2D eigenvalue weighted by molar-refractivity contribution is 9.11. The first-order valence-electron chi connectivity index (χ1n) is 28.0. The molecule has 0 saturated heterocycles. The summed E-state index contributed by atoms with van der Waals surface area (Å²) in [7, 11) is -1.65. The van der Waals surface area contributed by atoms with E-state index in [1.54, 1.807) is 29.8 Å². The highest BCUT2D eigenvalue weighted by Gasteiger charge is 2.36. The molecule has 4 aliphatic heterocycles. The topological polar surface area (TPSA) is 209 Å². The maximum atomic E-state index is 13.6. The molecule has 4 aliphatic carbocycles. The number of benzene rings is 4. The van der Waals surface area contributed by atoms with Gasteiger partial charge in [0.15, 0.2) is 0 Å². The molecule has 82 heavy (non-hydrogen) atoms. The largest absolute Gasteiger partial charge is 0.490 e. The van der Waals surface area contributed by atoms with E-state index < -0.39 is 12.9 Å². The van der Waals surface area contributed by atoms with Gasteiger partial charge in [0.05, 0.1) is 28.8 Å². The minimum atomic E-state index is -1.65. The molecule has 4 aromatic carbocycles. The van der Waals surface area contributed by atoms with Crippen molar-refractivity contribution < 1.29 is 23.6 Å². The van der Waals surface area contributed by atoms with E-state index in [0.29, 0.717) is 48.0 Å². The maximum absolute atomic E-state index is 13.6. The van der Waals surface area contributed by atoms with Crippen LogP contribution in [-0.2, 0) is 30.5 Å². The molecule has 0 unspecified atom stereocenters. The van der Waals surface area contributed by atoms with Gasteiger partial charge in [0.1, 0.15) is 35.0 Å². The Labute approximate surface area is 508 Å². The number of carbonyl (C=O) groups excluding carboxylic acids is 1. The van der Waals surface area contributed by atoms with Gasteiger partial charge in [-0.3, -0.25) is 46.2 Å². The zero-order chi connectivity index (χ0) is 58.1. The van der Waals surface area contributed by atoms with E-state index in [4.69, 9.17) is 43.9 Å². The van der Waals surface area contributed by atoms with Crippen molar-refractivity contribution in [1.29, 1.82) is 21.6 Å². The Kier molecular flexibility index (Phi) is 18.5. The summed E-state index contributed by atoms with van der Waals surface area (Å²) in [6.07, 6.45) is 22.0. The molecule has 0 bridgehead atoms. The number of hydrogen-bond acceptors (Lipinski definition) is 10. The molecule has 14 rings (SSSR count). The maximum Gasteiger partial charge on any atom is 0.490 e. The Morgan fingerprint density at radius 1 is 0.573 bits per heavy atom. The molecule has 1 amide bonds. The molecule has 4 fully saturated rings. The highest BCUT2D eigenvalue weighted by atomic mass is 79.9. The van der Waals surface area contributed by atoms with Crippen molar-refractivity contribution in [3.05, 3.63) is 155 Å². The number of rotatable bonds is 6. The van der Waals surface area contributed by atoms with Crippen molar-refractivity contribution in [1.82, 2.24) is 9.97 Å². The molecule has 20 heteroatoms. The summed E-state index contributed by atoms with van der Waals surface area (Å²) in [6, 6.07) is 19.0. The molecular formula is C62H64BBr3F2N10O3S. The summed E-state index contributed by atoms with van der Waals surface area (Å²) in [5.41, 5.74) is 17.2. The summed E-state index contributed by atoms with van der Waals surface area (Å²) in [4.78, 5) is 23.2. The number of thiocarbonyl (C=S) groups is 1. The predicted octanol–water partition coefficient (Wildman–Crippen LogP) is 14.7. The predicted molar refractivity (Wildman–Crippen MR) is 339 cm³/mol. The first-order chi connectivity index (χ1) is 39.4. The van der Waals surface area contributed by atoms with Crippen LogP contribution in [0.25, 0.3) is 11.1 Å². The lowest BCUT2D eigenvalue weighted by Crippen LogP contribution is -2.38. The number of amidine groups is 4. The Morgan fingerprint density at radius 3 is 1.48 bits per heavy atom. The number of anilines is 4. The molecule has 0 spiro atoms. The van der Waals surface area contributed by atoms with E-state index in [2.05, 4.69) is 92.7 Å². The van der Waals surface area contributed by atoms with Crippen molar-refractivity contribution in [2.24, 2.45) is 0 Å². The standard InChI is InChI=1S/C19H19FN4.C14H16BrN3.C12H12BrNO.C12H12BrNS.C5H5BFNO2/c1-11(21)24-17-6-4-15(13-8-14(20)10-23-9-13)19(12-2-3-12)16(17)5-7-18(24)22;1-8(16)18-12-6-5-11(15)14(9-2-3-9)10(12)4-7-13(18)17;2*13-9-4-5-10-8(3-6-11(15)14-10)12(9)7-1-2-7;7-5-1-4(6(9)10)2-8-3-5/h4,6,8-10,12,21-22H,2-3,5,7H2,1H3;5-6,9,16-17H,2-4,7H2,1H3;2*4-5,7H,1-3,6H2,(H,14,15);1-3,9-10H. The van der Waals surface area contributed by atoms with Crippen LogP contribution in [0.2, 0.25) is 0 Å². The SMILES string of the molecule is CC(=N)N1C(=N)CCc2c1ccc(-c1cncc(F)c1)c2C1CC1.CC(=N)N1C(=N)CCc2c1ccc(Br)c2C1CC1.O=C1CCc2c(ccc(Br)c2C2CC2)N1.OB(O)c1cncc(F)c1.S=C1CCc2c(ccc(Br)c2C2CC2)N1. The molecule has 6 heterocycles. The number of halogens is 5. The molecule has 0 atom stereocenters. The van der Waals surface area contributed by atoms with Crippen LogP contribution in [0.1, 0.15) is 159 Å². The van der Waals surface area contributed by atoms with Crippen LogP contribution in [0.3, 0.4) is 0 Å². The Balaban J connectivity index is 0.000000118. The summed E-state index contributed by atoms with van der Waals surface area (Å²) in [5, 5.41) is 55.4. The van der Waals surface area contributed by atoms with Gasteiger partial charge in [-0.25, -0.2) is 8.78 Å². The molecular weight excluding hydrogens is 1250 g/mol. The Hall–Kier alpha value is -5.90. The van der Waals surface area contributed by atoms with E-state index >= 15 is 0 Å². The van der Waals surface area contributed by atoms with E-state index in [1.165, 1.54) is 121 Å². The normalized spacial score (nSPS) is 17.4. The van der Waals surface area contributed by atoms with Gasteiger partial charge >= 0.3 is 7.12 Å². The Bertz CT molecular complexity index is 3470. The van der Waals surface area contributed by atoms with Gasteiger partial charge in [0.2, 0.25) is 5.91 Å². The van der Waals surface area contributed by atoms with Crippen LogP contribution in [0, 0.1) is 33.3 Å². The second-order valence-corrected chi connectivity index (χ2v) is 25.1. The van der Waals surface area contributed by atoms with Crippen LogP contribution >= 0.6 is 60.0 Å². The summed E-state index contributed by atoms with van der Waals surface area (Å²) >= 11 is 16.2. The van der Waals surface area contributed by atoms with Crippen molar-refractivity contribution in [3.8, 4) is 11.1 Å². The number of nitrogens with zero attached hydrogens (tertiary/aromatic N) is 4. The number of pyridine rings is 2. The lowest BCUT2D eigenvalue weighted by Gasteiger charge is -2.33. The minimum Gasteiger partial charge on any atom is -0.423 e. The van der Waals surface area contributed by atoms with Crippen molar-refractivity contribution in [2.45, 2.75) is 140 Å². The van der Waals surface area contributed by atoms with E-state index in [1.807, 2.05) is 24.3 Å². The molecule has 6 aromatic rings. The highest BCUT2D eigenvalue weighted by Crippen LogP contribution is 2.52. The number of amides is 1. The third-order valence-electron chi connectivity index (χ3n) is 15.9. The second-order valence-electron chi connectivity index (χ2n) is 22.1. The zero-order valence-electron chi connectivity index (χ0n) is 45.7. The van der Waals surface area contributed by atoms with Crippen LogP contribution in [0.5, 0.6) is 0 Å². The third-order valence-corrected chi connectivity index (χ3v) is 18.3. The minimum absolute atomic E-state index is 0.0556. The fourth-order valence-electron chi connectivity index (χ4n) is 11.6. The van der Waals surface area contributed by atoms with Crippen molar-refractivity contribution >= 4 is 130 Å². The van der Waals surface area contributed by atoms with Crippen LogP contribution < -0.4 is 25.9 Å². The monoisotopic (exact) mass is 1310 g/mol. The summed E-state index contributed by atoms with van der Waals surface area (Å²) in [5.74, 6) is 3.76. The number of nitrogens with one attached hydrogen (secondary N) is 6. The molecule has 0 radical (unpaired) electrons.